The van der Waals surface area contributed by atoms with Crippen molar-refractivity contribution in [3.8, 4) is 0 Å². The number of unbranched alkanes of at least 4 members (excludes halogenated alkanes) is 2. The Morgan fingerprint density at radius 3 is 1.46 bits per heavy atom. The number of rotatable bonds is 8. The van der Waals surface area contributed by atoms with Crippen LogP contribution in [-0.4, -0.2) is 33.4 Å². The summed E-state index contributed by atoms with van der Waals surface area (Å²) in [5, 5.41) is 0. The van der Waals surface area contributed by atoms with Crippen molar-refractivity contribution in [2.75, 3.05) is 14.2 Å². The van der Waals surface area contributed by atoms with E-state index in [1.807, 2.05) is 14.2 Å². The second kappa shape index (κ2) is 8.06. The molecule has 2 nitrogen and oxygen atoms in total. The van der Waals surface area contributed by atoms with Crippen molar-refractivity contribution in [3.05, 3.63) is 0 Å². The summed E-state index contributed by atoms with van der Waals surface area (Å²) < 4.78 is 13.8. The van der Waals surface area contributed by atoms with E-state index in [0.717, 1.165) is 0 Å². The number of hydrogen-bond donors (Lipinski definition) is 0. The summed E-state index contributed by atoms with van der Waals surface area (Å²) in [7, 11) is 3.68. The first kappa shape index (κ1) is 13.7. The Labute approximate surface area is 88.0 Å². The monoisotopic (exact) mass is 296 g/mol. The first-order valence-corrected chi connectivity index (χ1v) is 11.7. The van der Waals surface area contributed by atoms with E-state index < -0.39 is 19.2 Å². The maximum atomic E-state index is 5.68. The van der Waals surface area contributed by atoms with Gasteiger partial charge in [0.2, 0.25) is 0 Å². The molecule has 0 fully saturated rings. The van der Waals surface area contributed by atoms with Crippen molar-refractivity contribution in [1.29, 1.82) is 0 Å². The SMILES string of the molecule is CCC[CH2][Sn]([CH2]CCC)([O]C)[O]C. The molecule has 0 rings (SSSR count). The molecule has 0 aliphatic rings. The molecular weight excluding hydrogens is 271 g/mol. The van der Waals surface area contributed by atoms with E-state index >= 15 is 0 Å². The van der Waals surface area contributed by atoms with Crippen LogP contribution >= 0.6 is 0 Å². The molecule has 0 bridgehead atoms. The van der Waals surface area contributed by atoms with Gasteiger partial charge in [-0.05, 0) is 0 Å². The van der Waals surface area contributed by atoms with Crippen molar-refractivity contribution in [3.63, 3.8) is 0 Å². The van der Waals surface area contributed by atoms with Crippen molar-refractivity contribution in [2.45, 2.75) is 48.4 Å². The van der Waals surface area contributed by atoms with Gasteiger partial charge >= 0.3 is 88.0 Å². The average Bonchev–Trinajstić information content (AvgIpc) is 2.20. The third-order valence-electron chi connectivity index (χ3n) is 2.57. The predicted octanol–water partition coefficient (Wildman–Crippen LogP) is 3.32. The minimum absolute atomic E-state index is 1.22. The van der Waals surface area contributed by atoms with Gasteiger partial charge in [-0.2, -0.15) is 0 Å². The maximum absolute atomic E-state index is 5.68. The number of hydrogen-bond acceptors (Lipinski definition) is 2. The summed E-state index contributed by atoms with van der Waals surface area (Å²) in [6.07, 6.45) is 5.03. The summed E-state index contributed by atoms with van der Waals surface area (Å²) >= 11 is -2.54. The van der Waals surface area contributed by atoms with Crippen LogP contribution < -0.4 is 0 Å². The zero-order chi connectivity index (χ0) is 10.2. The van der Waals surface area contributed by atoms with E-state index in [4.69, 9.17) is 6.15 Å². The molecule has 0 saturated carbocycles. The van der Waals surface area contributed by atoms with Crippen LogP contribution in [0.4, 0.5) is 0 Å². The van der Waals surface area contributed by atoms with Crippen LogP contribution in [0.2, 0.25) is 8.87 Å². The molecule has 0 unspecified atom stereocenters. The van der Waals surface area contributed by atoms with Gasteiger partial charge < -0.3 is 0 Å². The van der Waals surface area contributed by atoms with Crippen molar-refractivity contribution < 1.29 is 6.15 Å². The fourth-order valence-corrected chi connectivity index (χ4v) is 10.1. The zero-order valence-electron chi connectivity index (χ0n) is 9.56. The molecule has 0 aromatic carbocycles. The van der Waals surface area contributed by atoms with Crippen molar-refractivity contribution in [1.82, 2.24) is 0 Å². The van der Waals surface area contributed by atoms with Crippen molar-refractivity contribution in [2.24, 2.45) is 0 Å². The summed E-state index contributed by atoms with van der Waals surface area (Å²) in [6.45, 7) is 4.45. The molecule has 0 radical (unpaired) electrons. The quantitative estimate of drug-likeness (QED) is 0.640. The third kappa shape index (κ3) is 5.23. The molecule has 13 heavy (non-hydrogen) atoms. The van der Waals surface area contributed by atoms with Crippen LogP contribution in [0, 0.1) is 0 Å². The summed E-state index contributed by atoms with van der Waals surface area (Å²) in [5.74, 6) is 0. The van der Waals surface area contributed by atoms with Gasteiger partial charge in [-0.1, -0.05) is 0 Å². The van der Waals surface area contributed by atoms with E-state index in [9.17, 15) is 0 Å². The van der Waals surface area contributed by atoms with Gasteiger partial charge in [0.1, 0.15) is 0 Å². The van der Waals surface area contributed by atoms with Gasteiger partial charge in [0.25, 0.3) is 0 Å². The molecule has 0 spiro atoms. The molecule has 0 aromatic heterocycles. The molecule has 0 saturated heterocycles. The van der Waals surface area contributed by atoms with Crippen molar-refractivity contribution >= 4 is 19.2 Å². The standard InChI is InChI=1S/2C4H9.2CH3O.Sn/c2*1-3-4-2;2*1-2;/h2*1,3-4H2,2H3;2*1H3;/q;;2*-1;+2. The van der Waals surface area contributed by atoms with E-state index in [1.54, 1.807) is 0 Å². The van der Waals surface area contributed by atoms with Gasteiger partial charge in [0.05, 0.1) is 0 Å². The summed E-state index contributed by atoms with van der Waals surface area (Å²) in [6, 6.07) is 0. The molecular formula is C10H24O2Sn. The second-order valence-electron chi connectivity index (χ2n) is 3.53. The molecule has 0 atom stereocenters. The average molecular weight is 295 g/mol. The fraction of sp³-hybridized carbons (Fsp3) is 1.00. The van der Waals surface area contributed by atoms with Gasteiger partial charge in [-0.3, -0.25) is 0 Å². The normalized spacial score (nSPS) is 12.0. The summed E-state index contributed by atoms with van der Waals surface area (Å²) in [5.41, 5.74) is 0. The van der Waals surface area contributed by atoms with Gasteiger partial charge in [0, 0.05) is 0 Å². The molecule has 0 aliphatic carbocycles. The Hall–Kier alpha value is 0.719. The Morgan fingerprint density at radius 1 is 0.846 bits per heavy atom. The predicted molar refractivity (Wildman–Crippen MR) is 59.2 cm³/mol. The molecule has 0 N–H and O–H groups in total. The first-order valence-electron chi connectivity index (χ1n) is 5.35. The van der Waals surface area contributed by atoms with Gasteiger partial charge in [-0.15, -0.1) is 0 Å². The minimum atomic E-state index is -2.54. The van der Waals surface area contributed by atoms with E-state index in [1.165, 1.54) is 34.6 Å². The van der Waals surface area contributed by atoms with Crippen LogP contribution in [0.3, 0.4) is 0 Å². The Balaban J connectivity index is 3.97. The molecule has 0 amide bonds. The van der Waals surface area contributed by atoms with Crippen LogP contribution in [-0.2, 0) is 6.15 Å². The Bertz CT molecular complexity index is 103. The Kier molecular flexibility index (Phi) is 8.51. The first-order chi connectivity index (χ1) is 6.24. The molecule has 0 heterocycles. The van der Waals surface area contributed by atoms with Crippen LogP contribution in [0.1, 0.15) is 39.5 Å². The molecule has 80 valence electrons. The third-order valence-corrected chi connectivity index (χ3v) is 13.2. The van der Waals surface area contributed by atoms with Crippen LogP contribution in [0.25, 0.3) is 0 Å². The van der Waals surface area contributed by atoms with E-state index in [-0.39, 0.29) is 0 Å². The van der Waals surface area contributed by atoms with E-state index in [0.29, 0.717) is 0 Å². The Morgan fingerprint density at radius 2 is 1.23 bits per heavy atom. The van der Waals surface area contributed by atoms with Crippen LogP contribution in [0.5, 0.6) is 0 Å². The molecule has 0 aliphatic heterocycles. The summed E-state index contributed by atoms with van der Waals surface area (Å²) in [4.78, 5) is 0. The van der Waals surface area contributed by atoms with Crippen LogP contribution in [0.15, 0.2) is 0 Å². The molecule has 3 heteroatoms. The second-order valence-corrected chi connectivity index (χ2v) is 13.9. The fourth-order valence-electron chi connectivity index (χ4n) is 1.51. The van der Waals surface area contributed by atoms with Gasteiger partial charge in [0.15, 0.2) is 0 Å². The topological polar surface area (TPSA) is 18.5 Å². The van der Waals surface area contributed by atoms with Gasteiger partial charge in [-0.25, -0.2) is 0 Å². The molecule has 0 aromatic rings. The van der Waals surface area contributed by atoms with E-state index in [2.05, 4.69) is 13.8 Å². The zero-order valence-corrected chi connectivity index (χ0v) is 12.4.